The summed E-state index contributed by atoms with van der Waals surface area (Å²) in [6, 6.07) is 22.4. The normalized spacial score (nSPS) is 15.2. The summed E-state index contributed by atoms with van der Waals surface area (Å²) >= 11 is 0. The van der Waals surface area contributed by atoms with Crippen molar-refractivity contribution in [3.63, 3.8) is 0 Å². The Hall–Kier alpha value is -12.6. The first kappa shape index (κ1) is 111. The fourth-order valence-corrected chi connectivity index (χ4v) is 13.3. The molecule has 0 aliphatic heterocycles. The second-order valence-electron chi connectivity index (χ2n) is 32.0. The van der Waals surface area contributed by atoms with Crippen LogP contribution in [0, 0.1) is 105 Å². The van der Waals surface area contributed by atoms with Crippen molar-refractivity contribution >= 4 is 0 Å². The molecule has 0 bridgehead atoms. The van der Waals surface area contributed by atoms with E-state index in [-0.39, 0.29) is 110 Å². The Morgan fingerprint density at radius 3 is 0.907 bits per heavy atom. The SMILES string of the molecule is CCCCOc1ccc(OCC2=CCC2)c(F)c1F.CCCCOc1ccc(OCC2C=CC2)c(F)c1F.CCOc1ccc(OC2=CCCC2)c(F)c1F.CCOc1ccc(OC2C=CCC2)c(F)c1F.CCOc1ccc(OC2CC=CC2)c(F)c1F.CCOc1ccc(OC2CC=CC2)c(F)c1F.CCOc1ccc(OCCC2=CC2)c(F)c1F.CCOc1ccc(OCCC2C=C2)c(F)c1F. The fraction of sp³-hybridized carbons (Fsp3) is 0.407. The van der Waals surface area contributed by atoms with Crippen LogP contribution in [0.3, 0.4) is 0 Å². The van der Waals surface area contributed by atoms with Crippen molar-refractivity contribution in [2.45, 2.75) is 196 Å². The molecule has 16 nitrogen and oxygen atoms in total. The lowest BCUT2D eigenvalue weighted by Gasteiger charge is -2.18. The van der Waals surface area contributed by atoms with E-state index in [1.165, 1.54) is 103 Å². The van der Waals surface area contributed by atoms with Gasteiger partial charge in [-0.1, -0.05) is 99.1 Å². The van der Waals surface area contributed by atoms with Crippen LogP contribution in [0.15, 0.2) is 193 Å². The van der Waals surface area contributed by atoms with Gasteiger partial charge in [0.2, 0.25) is 93.1 Å². The highest BCUT2D eigenvalue weighted by atomic mass is 19.2. The Morgan fingerprint density at radius 1 is 0.279 bits per heavy atom. The summed E-state index contributed by atoms with van der Waals surface area (Å²) in [5.41, 5.74) is 2.43. The zero-order chi connectivity index (χ0) is 101. The second kappa shape index (κ2) is 59.1. The van der Waals surface area contributed by atoms with Crippen molar-refractivity contribution in [1.29, 1.82) is 0 Å². The zero-order valence-corrected chi connectivity index (χ0v) is 79.6. The summed E-state index contributed by atoms with van der Waals surface area (Å²) in [6.07, 6.45) is 41.8. The van der Waals surface area contributed by atoms with Crippen molar-refractivity contribution in [3.8, 4) is 92.0 Å². The van der Waals surface area contributed by atoms with Gasteiger partial charge in [-0.25, -0.2) is 0 Å². The number of allylic oxidation sites excluding steroid dienone is 8. The zero-order valence-electron chi connectivity index (χ0n) is 79.6. The molecular weight excluding hydrogens is 1860 g/mol. The number of halogens is 16. The van der Waals surface area contributed by atoms with Crippen LogP contribution in [0.25, 0.3) is 0 Å². The fourth-order valence-electron chi connectivity index (χ4n) is 13.3. The van der Waals surface area contributed by atoms with E-state index in [4.69, 9.17) is 75.8 Å². The summed E-state index contributed by atoms with van der Waals surface area (Å²) in [5.74, 6) is -15.4. The predicted molar refractivity (Wildman–Crippen MR) is 501 cm³/mol. The topological polar surface area (TPSA) is 148 Å². The van der Waals surface area contributed by atoms with Crippen LogP contribution >= 0.6 is 0 Å². The molecule has 0 fully saturated rings. The van der Waals surface area contributed by atoms with Gasteiger partial charge in [-0.05, 0) is 233 Å². The molecule has 8 aliphatic carbocycles. The van der Waals surface area contributed by atoms with Gasteiger partial charge in [0.25, 0.3) is 0 Å². The molecule has 2 atom stereocenters. The predicted octanol–water partition coefficient (Wildman–Crippen LogP) is 29.3. The summed E-state index contributed by atoms with van der Waals surface area (Å²) in [7, 11) is 0. The molecule has 0 saturated heterocycles. The molecule has 140 heavy (non-hydrogen) atoms. The van der Waals surface area contributed by atoms with E-state index in [9.17, 15) is 70.2 Å². The first-order valence-corrected chi connectivity index (χ1v) is 47.2. The maximum absolute atomic E-state index is 13.7. The largest absolute Gasteiger partial charge is 0.491 e. The first-order chi connectivity index (χ1) is 67.8. The number of hydrogen-bond acceptors (Lipinski definition) is 16. The van der Waals surface area contributed by atoms with E-state index in [2.05, 4.69) is 6.08 Å². The third kappa shape index (κ3) is 35.0. The maximum atomic E-state index is 13.7. The van der Waals surface area contributed by atoms with Gasteiger partial charge < -0.3 is 75.8 Å². The molecule has 32 heteroatoms. The quantitative estimate of drug-likeness (QED) is 0.0203. The van der Waals surface area contributed by atoms with Gasteiger partial charge in [-0.2, -0.15) is 70.2 Å². The van der Waals surface area contributed by atoms with Crippen LogP contribution in [0.1, 0.15) is 177 Å². The molecule has 0 spiro atoms. The van der Waals surface area contributed by atoms with Gasteiger partial charge in [-0.15, -0.1) is 0 Å². The summed E-state index contributed by atoms with van der Waals surface area (Å²) in [5, 5.41) is 0. The van der Waals surface area contributed by atoms with Crippen LogP contribution in [0.5, 0.6) is 92.0 Å². The minimum absolute atomic E-state index is 0.0539. The number of ether oxygens (including phenoxy) is 16. The molecule has 8 aliphatic rings. The number of benzene rings is 8. The summed E-state index contributed by atoms with van der Waals surface area (Å²) < 4.78 is 300. The molecule has 0 saturated carbocycles. The minimum Gasteiger partial charge on any atom is -0.491 e. The third-order valence-electron chi connectivity index (χ3n) is 21.4. The minimum atomic E-state index is -0.997. The van der Waals surface area contributed by atoms with E-state index in [1.807, 2.05) is 86.8 Å². The lowest BCUT2D eigenvalue weighted by Crippen LogP contribution is -2.14. The summed E-state index contributed by atoms with van der Waals surface area (Å²) in [4.78, 5) is 0. The Balaban J connectivity index is 0.000000179. The van der Waals surface area contributed by atoms with Crippen LogP contribution < -0.4 is 75.8 Å². The monoisotopic (exact) mass is 1980 g/mol. The highest BCUT2D eigenvalue weighted by Gasteiger charge is 2.28. The van der Waals surface area contributed by atoms with Gasteiger partial charge in [0.05, 0.1) is 72.7 Å². The first-order valence-electron chi connectivity index (χ1n) is 47.2. The van der Waals surface area contributed by atoms with E-state index in [1.54, 1.807) is 41.5 Å². The van der Waals surface area contributed by atoms with E-state index >= 15 is 0 Å². The van der Waals surface area contributed by atoms with Gasteiger partial charge in [0.1, 0.15) is 30.7 Å². The van der Waals surface area contributed by atoms with Crippen LogP contribution in [-0.4, -0.2) is 97.6 Å². The Morgan fingerprint density at radius 2 is 0.600 bits per heavy atom. The van der Waals surface area contributed by atoms with Crippen molar-refractivity contribution in [3.05, 3.63) is 286 Å². The van der Waals surface area contributed by atoms with E-state index in [0.29, 0.717) is 96.9 Å². The maximum Gasteiger partial charge on any atom is 0.205 e. The molecule has 0 radical (unpaired) electrons. The van der Waals surface area contributed by atoms with Crippen molar-refractivity contribution < 1.29 is 146 Å². The third-order valence-corrected chi connectivity index (χ3v) is 21.4. The van der Waals surface area contributed by atoms with Gasteiger partial charge >= 0.3 is 0 Å². The second-order valence-corrected chi connectivity index (χ2v) is 32.0. The number of unbranched alkanes of at least 4 members (excludes halogenated alkanes) is 2. The van der Waals surface area contributed by atoms with Crippen molar-refractivity contribution in [2.24, 2.45) is 11.8 Å². The Kier molecular flexibility index (Phi) is 46.8. The Labute approximate surface area is 807 Å². The molecule has 8 aromatic carbocycles. The molecule has 0 heterocycles. The summed E-state index contributed by atoms with van der Waals surface area (Å²) in [6.45, 7) is 18.3. The lowest BCUT2D eigenvalue weighted by molar-refractivity contribution is 0.202. The van der Waals surface area contributed by atoms with Crippen LogP contribution in [-0.2, 0) is 0 Å². The van der Waals surface area contributed by atoms with Gasteiger partial charge in [0.15, 0.2) is 92.0 Å². The van der Waals surface area contributed by atoms with Crippen LogP contribution in [0.2, 0.25) is 0 Å². The van der Waals surface area contributed by atoms with Crippen molar-refractivity contribution in [1.82, 2.24) is 0 Å². The molecule has 760 valence electrons. The highest BCUT2D eigenvalue weighted by molar-refractivity contribution is 5.42. The molecule has 8 aromatic rings. The average molecular weight is 1980 g/mol. The number of rotatable bonds is 42. The van der Waals surface area contributed by atoms with Gasteiger partial charge in [-0.3, -0.25) is 0 Å². The van der Waals surface area contributed by atoms with Crippen molar-refractivity contribution in [2.75, 3.05) is 79.3 Å². The van der Waals surface area contributed by atoms with E-state index in [0.717, 1.165) is 128 Å². The number of hydrogen-bond donors (Lipinski definition) is 0. The van der Waals surface area contributed by atoms with Crippen LogP contribution in [0.4, 0.5) is 70.2 Å². The molecule has 16 rings (SSSR count). The Bertz CT molecular complexity index is 5420. The molecule has 2 unspecified atom stereocenters. The smallest absolute Gasteiger partial charge is 0.205 e. The lowest BCUT2D eigenvalue weighted by atomic mass is 9.97. The molecule has 0 N–H and O–H groups in total. The van der Waals surface area contributed by atoms with E-state index < -0.39 is 93.1 Å². The molecule has 0 amide bonds. The molecular formula is C108H120F16O16. The highest BCUT2D eigenvalue weighted by Crippen LogP contribution is 2.39. The van der Waals surface area contributed by atoms with Gasteiger partial charge in [0, 0.05) is 44.4 Å². The molecule has 0 aromatic heterocycles. The standard InChI is InChI=1S/2C15H18F2O2.6C13H14F2O2/c2*1-2-3-9-18-12-7-8-13(15(17)14(12)16)19-10-11-5-4-6-11;2*1-2-16-10-5-6-11(13(15)12(10)14)17-8-7-9-3-4-9;4*1-2-16-10-7-8-11(13(15)12(10)14)17-9-5-3-4-6-9/h5,7-8H,2-4,6,9-10H2,1H3;4-5,7-8,11H,2-3,6,9-10H2,1H3;3,5-6H,2,4,7-8H2,1H3;3-6,9H,2,7-8H2,1H3;5,7-8H,2-4,6H2,1H3;3,5,7-9H,2,4,6H2,1H3;2*3-4,7-9H,2,5-6H2,1H3. The average Bonchev–Trinajstić information content (AvgIpc) is 1.50.